The Morgan fingerprint density at radius 2 is 2.05 bits per heavy atom. The monoisotopic (exact) mass is 341 g/mol. The molecule has 0 unspecified atom stereocenters. The number of nitrogen functional groups attached to an aromatic ring is 1. The van der Waals surface area contributed by atoms with E-state index in [-0.39, 0.29) is 21.4 Å². The Kier molecular flexibility index (Phi) is 3.40. The van der Waals surface area contributed by atoms with Gasteiger partial charge in [-0.2, -0.15) is 8.75 Å². The molecule has 0 aliphatic heterocycles. The van der Waals surface area contributed by atoms with Crippen LogP contribution in [0.3, 0.4) is 0 Å². The van der Waals surface area contributed by atoms with Gasteiger partial charge in [0.05, 0.1) is 27.3 Å². The van der Waals surface area contributed by atoms with Crippen LogP contribution in [-0.2, 0) is 10.0 Å². The minimum atomic E-state index is -3.85. The Morgan fingerprint density at radius 1 is 1.24 bits per heavy atom. The van der Waals surface area contributed by atoms with Gasteiger partial charge in [0.15, 0.2) is 0 Å². The summed E-state index contributed by atoms with van der Waals surface area (Å²) in [5, 5.41) is 0.237. The number of nitrogens with zero attached hydrogens (tertiary/aromatic N) is 3. The first kappa shape index (κ1) is 14.0. The van der Waals surface area contributed by atoms with Gasteiger partial charge in [-0.3, -0.25) is 4.72 Å². The van der Waals surface area contributed by atoms with Crippen molar-refractivity contribution < 1.29 is 8.42 Å². The van der Waals surface area contributed by atoms with Crippen LogP contribution in [0.25, 0.3) is 11.0 Å². The highest BCUT2D eigenvalue weighted by Crippen LogP contribution is 2.31. The number of pyridine rings is 1. The van der Waals surface area contributed by atoms with Crippen molar-refractivity contribution in [3.8, 4) is 0 Å². The third kappa shape index (κ3) is 2.62. The summed E-state index contributed by atoms with van der Waals surface area (Å²) in [5.41, 5.74) is 6.66. The van der Waals surface area contributed by atoms with Crippen molar-refractivity contribution in [2.24, 2.45) is 0 Å². The maximum Gasteiger partial charge on any atom is 0.262 e. The van der Waals surface area contributed by atoms with E-state index in [1.54, 1.807) is 12.1 Å². The molecule has 0 bridgehead atoms. The summed E-state index contributed by atoms with van der Waals surface area (Å²) >= 11 is 7.03. The van der Waals surface area contributed by atoms with Gasteiger partial charge in [-0.1, -0.05) is 11.6 Å². The number of nitrogens with one attached hydrogen (secondary N) is 1. The van der Waals surface area contributed by atoms with Crippen LogP contribution in [0.5, 0.6) is 0 Å². The molecule has 2 aromatic heterocycles. The first-order valence-electron chi connectivity index (χ1n) is 5.62. The summed E-state index contributed by atoms with van der Waals surface area (Å²) in [6, 6.07) is 5.83. The predicted octanol–water partition coefficient (Wildman–Crippen LogP) is 2.12. The molecule has 3 rings (SSSR count). The summed E-state index contributed by atoms with van der Waals surface area (Å²) in [4.78, 5) is 3.75. The van der Waals surface area contributed by atoms with Crippen LogP contribution in [-0.4, -0.2) is 22.1 Å². The number of hydrogen-bond acceptors (Lipinski definition) is 7. The van der Waals surface area contributed by atoms with E-state index in [2.05, 4.69) is 18.5 Å². The molecular formula is C11H8ClN5O2S2. The minimum absolute atomic E-state index is 0.00809. The quantitative estimate of drug-likeness (QED) is 0.754. The molecule has 3 aromatic rings. The number of hydrogen-bond donors (Lipinski definition) is 2. The molecule has 0 saturated heterocycles. The molecule has 0 fully saturated rings. The highest BCUT2D eigenvalue weighted by atomic mass is 35.5. The van der Waals surface area contributed by atoms with Crippen molar-refractivity contribution in [1.82, 2.24) is 13.7 Å². The van der Waals surface area contributed by atoms with Crippen LogP contribution in [0, 0.1) is 0 Å². The lowest BCUT2D eigenvalue weighted by Gasteiger charge is -2.10. The Morgan fingerprint density at radius 3 is 2.81 bits per heavy atom. The maximum atomic E-state index is 12.4. The lowest BCUT2D eigenvalue weighted by Crippen LogP contribution is -2.14. The normalized spacial score (nSPS) is 11.7. The predicted molar refractivity (Wildman–Crippen MR) is 81.9 cm³/mol. The highest BCUT2D eigenvalue weighted by molar-refractivity contribution is 7.92. The van der Waals surface area contributed by atoms with Crippen molar-refractivity contribution in [1.29, 1.82) is 0 Å². The van der Waals surface area contributed by atoms with Gasteiger partial charge in [-0.05, 0) is 18.2 Å². The van der Waals surface area contributed by atoms with E-state index in [0.29, 0.717) is 11.0 Å². The summed E-state index contributed by atoms with van der Waals surface area (Å²) in [7, 11) is -3.85. The van der Waals surface area contributed by atoms with Gasteiger partial charge < -0.3 is 5.73 Å². The number of rotatable bonds is 3. The first-order chi connectivity index (χ1) is 9.97. The summed E-state index contributed by atoms with van der Waals surface area (Å²) in [5.74, 6) is 0.109. The molecule has 0 atom stereocenters. The molecule has 2 heterocycles. The lowest BCUT2D eigenvalue weighted by molar-refractivity contribution is 0.601. The van der Waals surface area contributed by atoms with Crippen LogP contribution >= 0.6 is 23.3 Å². The number of benzene rings is 1. The van der Waals surface area contributed by atoms with Gasteiger partial charge in [0.1, 0.15) is 16.9 Å². The number of fused-ring (bicyclic) bond motifs is 1. The number of anilines is 2. The molecule has 0 radical (unpaired) electrons. The van der Waals surface area contributed by atoms with Gasteiger partial charge in [0, 0.05) is 12.3 Å². The second kappa shape index (κ2) is 5.10. The molecule has 3 N–H and O–H groups in total. The Hall–Kier alpha value is -1.97. The summed E-state index contributed by atoms with van der Waals surface area (Å²) in [6.45, 7) is 0. The lowest BCUT2D eigenvalue weighted by atomic mass is 10.3. The largest absolute Gasteiger partial charge is 0.384 e. The molecule has 0 aliphatic carbocycles. The fourth-order valence-electron chi connectivity index (χ4n) is 1.71. The Labute approximate surface area is 129 Å². The van der Waals surface area contributed by atoms with Crippen molar-refractivity contribution >= 4 is 55.9 Å². The van der Waals surface area contributed by atoms with Gasteiger partial charge >= 0.3 is 0 Å². The second-order valence-corrected chi connectivity index (χ2v) is 6.69. The first-order valence-corrected chi connectivity index (χ1v) is 8.21. The molecule has 108 valence electrons. The molecular weight excluding hydrogens is 334 g/mol. The van der Waals surface area contributed by atoms with Crippen LogP contribution in [0.4, 0.5) is 11.5 Å². The second-order valence-electron chi connectivity index (χ2n) is 4.08. The average Bonchev–Trinajstić information content (AvgIpc) is 2.91. The third-order valence-corrected chi connectivity index (χ3v) is 4.88. The zero-order valence-corrected chi connectivity index (χ0v) is 12.7. The maximum absolute atomic E-state index is 12.4. The number of sulfonamides is 1. The summed E-state index contributed by atoms with van der Waals surface area (Å²) < 4.78 is 35.3. The van der Waals surface area contributed by atoms with E-state index in [1.807, 2.05) is 0 Å². The van der Waals surface area contributed by atoms with Gasteiger partial charge in [0.2, 0.25) is 0 Å². The number of nitrogens with two attached hydrogens (primary N) is 1. The fourth-order valence-corrected chi connectivity index (χ4v) is 3.62. The van der Waals surface area contributed by atoms with Gasteiger partial charge in [-0.15, -0.1) is 0 Å². The zero-order chi connectivity index (χ0) is 15.0. The zero-order valence-electron chi connectivity index (χ0n) is 10.3. The topological polar surface area (TPSA) is 111 Å². The van der Waals surface area contributed by atoms with E-state index < -0.39 is 10.0 Å². The van der Waals surface area contributed by atoms with Crippen molar-refractivity contribution in [2.75, 3.05) is 10.5 Å². The van der Waals surface area contributed by atoms with Crippen molar-refractivity contribution in [2.45, 2.75) is 4.90 Å². The van der Waals surface area contributed by atoms with Crippen LogP contribution in [0.15, 0.2) is 35.4 Å². The van der Waals surface area contributed by atoms with E-state index in [4.69, 9.17) is 17.3 Å². The van der Waals surface area contributed by atoms with Crippen LogP contribution < -0.4 is 10.5 Å². The SMILES string of the molecule is Nc1cc(S(=O)(=O)Nc2c(Cl)ccc3nsnc23)ccn1. The van der Waals surface area contributed by atoms with E-state index in [1.165, 1.54) is 18.3 Å². The summed E-state index contributed by atoms with van der Waals surface area (Å²) in [6.07, 6.45) is 1.32. The van der Waals surface area contributed by atoms with Gasteiger partial charge in [-0.25, -0.2) is 13.4 Å². The van der Waals surface area contributed by atoms with E-state index >= 15 is 0 Å². The minimum Gasteiger partial charge on any atom is -0.384 e. The van der Waals surface area contributed by atoms with Crippen molar-refractivity contribution in [3.05, 3.63) is 35.5 Å². The Balaban J connectivity index is 2.09. The molecule has 1 aromatic carbocycles. The van der Waals surface area contributed by atoms with Gasteiger partial charge in [0.25, 0.3) is 10.0 Å². The fraction of sp³-hybridized carbons (Fsp3) is 0. The molecule has 0 aliphatic rings. The number of aromatic nitrogens is 3. The van der Waals surface area contributed by atoms with E-state index in [9.17, 15) is 8.42 Å². The molecule has 21 heavy (non-hydrogen) atoms. The van der Waals surface area contributed by atoms with E-state index in [0.717, 1.165) is 11.7 Å². The third-order valence-electron chi connectivity index (χ3n) is 2.68. The Bertz CT molecular complexity index is 925. The van der Waals surface area contributed by atoms with Crippen LogP contribution in [0.1, 0.15) is 0 Å². The molecule has 0 amide bonds. The molecule has 0 saturated carbocycles. The number of halogens is 1. The average molecular weight is 342 g/mol. The molecule has 0 spiro atoms. The molecule has 7 nitrogen and oxygen atoms in total. The smallest absolute Gasteiger partial charge is 0.262 e. The molecule has 10 heteroatoms. The van der Waals surface area contributed by atoms with Crippen molar-refractivity contribution in [3.63, 3.8) is 0 Å². The highest BCUT2D eigenvalue weighted by Gasteiger charge is 2.19. The standard InChI is InChI=1S/C11H8ClN5O2S2/c12-7-1-2-8-11(16-20-15-8)10(7)17-21(18,19)6-3-4-14-9(13)5-6/h1-5,17H,(H2,13,14). The van der Waals surface area contributed by atoms with Crippen LogP contribution in [0.2, 0.25) is 5.02 Å².